The van der Waals surface area contributed by atoms with Gasteiger partial charge in [-0.05, 0) is 24.6 Å². The van der Waals surface area contributed by atoms with Crippen LogP contribution in [0.3, 0.4) is 0 Å². The third kappa shape index (κ3) is 5.10. The number of fused-ring (bicyclic) bond motifs is 1. The quantitative estimate of drug-likeness (QED) is 0.735. The minimum Gasteiger partial charge on any atom is -0.481 e. The Kier molecular flexibility index (Phi) is 5.95. The second-order valence-electron chi connectivity index (χ2n) is 6.75. The van der Waals surface area contributed by atoms with Gasteiger partial charge in [0.25, 0.3) is 0 Å². The van der Waals surface area contributed by atoms with Crippen LogP contribution in [-0.2, 0) is 25.6 Å². The molecule has 0 aliphatic carbocycles. The van der Waals surface area contributed by atoms with E-state index < -0.39 is 44.7 Å². The molecule has 1 amide bonds. The first-order valence-corrected chi connectivity index (χ1v) is 11.3. The molecule has 7 nitrogen and oxygen atoms in total. The Labute approximate surface area is 168 Å². The monoisotopic (exact) mass is 450 g/mol. The van der Waals surface area contributed by atoms with Crippen molar-refractivity contribution in [3.8, 4) is 0 Å². The van der Waals surface area contributed by atoms with Gasteiger partial charge in [0.2, 0.25) is 5.91 Å². The fourth-order valence-electron chi connectivity index (χ4n) is 3.25. The number of sulfone groups is 1. The zero-order chi connectivity index (χ0) is 21.4. The van der Waals surface area contributed by atoms with Crippen molar-refractivity contribution in [2.24, 2.45) is 4.99 Å². The molecule has 29 heavy (non-hydrogen) atoms. The minimum atomic E-state index is -4.58. The molecule has 158 valence electrons. The molecule has 0 radical (unpaired) electrons. The van der Waals surface area contributed by atoms with Crippen LogP contribution in [0.2, 0.25) is 0 Å². The van der Waals surface area contributed by atoms with Crippen LogP contribution in [0, 0.1) is 0 Å². The molecule has 2 aliphatic rings. The van der Waals surface area contributed by atoms with Gasteiger partial charge in [0.15, 0.2) is 15.0 Å². The van der Waals surface area contributed by atoms with E-state index in [0.29, 0.717) is 0 Å². The third-order valence-corrected chi connectivity index (χ3v) is 7.73. The molecule has 2 saturated heterocycles. The van der Waals surface area contributed by atoms with Gasteiger partial charge in [-0.2, -0.15) is 18.2 Å². The van der Waals surface area contributed by atoms with Crippen LogP contribution < -0.4 is 4.90 Å². The van der Waals surface area contributed by atoms with Crippen LogP contribution in [0.25, 0.3) is 0 Å². The second-order valence-corrected chi connectivity index (χ2v) is 10.1. The summed E-state index contributed by atoms with van der Waals surface area (Å²) in [4.78, 5) is 28.0. The zero-order valence-electron chi connectivity index (χ0n) is 14.9. The van der Waals surface area contributed by atoms with Gasteiger partial charge in [0, 0.05) is 23.8 Å². The number of anilines is 1. The summed E-state index contributed by atoms with van der Waals surface area (Å²) >= 11 is 1.05. The second kappa shape index (κ2) is 7.98. The van der Waals surface area contributed by atoms with E-state index in [1.54, 1.807) is 0 Å². The van der Waals surface area contributed by atoms with E-state index in [9.17, 15) is 31.2 Å². The number of rotatable bonds is 5. The lowest BCUT2D eigenvalue weighted by Gasteiger charge is -2.25. The SMILES string of the molecule is O=C(O)CCCC(=O)N=C1S[C@H]2CS(=O)(=O)C[C@H]2N1c1cccc(C(F)(F)F)c1. The van der Waals surface area contributed by atoms with Crippen LogP contribution in [0.4, 0.5) is 18.9 Å². The molecule has 2 fully saturated rings. The molecule has 2 heterocycles. The number of carbonyl (C=O) groups is 2. The van der Waals surface area contributed by atoms with E-state index in [1.165, 1.54) is 17.0 Å². The minimum absolute atomic E-state index is 0.0837. The number of hydrogen-bond acceptors (Lipinski definition) is 5. The lowest BCUT2D eigenvalue weighted by molar-refractivity contribution is -0.138. The maximum Gasteiger partial charge on any atom is 0.416 e. The summed E-state index contributed by atoms with van der Waals surface area (Å²) in [5.74, 6) is -2.04. The van der Waals surface area contributed by atoms with Gasteiger partial charge in [-0.1, -0.05) is 17.8 Å². The van der Waals surface area contributed by atoms with Crippen molar-refractivity contribution >= 4 is 44.3 Å². The summed E-state index contributed by atoms with van der Waals surface area (Å²) in [6, 6.07) is 3.81. The van der Waals surface area contributed by atoms with Gasteiger partial charge in [-0.3, -0.25) is 9.59 Å². The van der Waals surface area contributed by atoms with E-state index in [2.05, 4.69) is 4.99 Å². The number of alkyl halides is 3. The van der Waals surface area contributed by atoms with Crippen molar-refractivity contribution in [1.29, 1.82) is 0 Å². The molecule has 12 heteroatoms. The number of carboxylic acids is 1. The van der Waals surface area contributed by atoms with Gasteiger partial charge >= 0.3 is 12.1 Å². The number of benzene rings is 1. The maximum atomic E-state index is 13.1. The molecule has 1 aromatic carbocycles. The molecule has 2 atom stereocenters. The summed E-state index contributed by atoms with van der Waals surface area (Å²) in [7, 11) is -3.35. The number of nitrogens with zero attached hydrogens (tertiary/aromatic N) is 2. The Morgan fingerprint density at radius 2 is 1.97 bits per heavy atom. The molecular weight excluding hydrogens is 433 g/mol. The third-order valence-electron chi connectivity index (χ3n) is 4.52. The number of thioether (sulfide) groups is 1. The first-order valence-electron chi connectivity index (χ1n) is 8.63. The maximum absolute atomic E-state index is 13.1. The summed E-state index contributed by atoms with van der Waals surface area (Å²) in [5.41, 5.74) is -0.787. The highest BCUT2D eigenvalue weighted by Gasteiger charge is 2.49. The summed E-state index contributed by atoms with van der Waals surface area (Å²) in [6.07, 6.45) is -4.82. The van der Waals surface area contributed by atoms with Crippen molar-refractivity contribution in [3.05, 3.63) is 29.8 Å². The van der Waals surface area contributed by atoms with Crippen LogP contribution in [-0.4, -0.2) is 53.4 Å². The van der Waals surface area contributed by atoms with Gasteiger partial charge in [0.1, 0.15) is 0 Å². The summed E-state index contributed by atoms with van der Waals surface area (Å²) in [5, 5.41) is 8.33. The zero-order valence-corrected chi connectivity index (χ0v) is 16.6. The number of amides is 1. The summed E-state index contributed by atoms with van der Waals surface area (Å²) in [6.45, 7) is 0. The standard InChI is InChI=1S/C17H17F3N2O5S2/c18-17(19,20)10-3-1-4-11(7-10)22-12-8-29(26,27)9-13(12)28-16(22)21-14(23)5-2-6-15(24)25/h1,3-4,7,12-13H,2,5-6,8-9H2,(H,24,25)/t12-,13+/m1/s1. The Balaban J connectivity index is 1.91. The first-order chi connectivity index (χ1) is 13.5. The molecule has 0 saturated carbocycles. The fourth-order valence-corrected chi connectivity index (χ4v) is 7.18. The van der Waals surface area contributed by atoms with Crippen molar-refractivity contribution in [1.82, 2.24) is 0 Å². The smallest absolute Gasteiger partial charge is 0.416 e. The van der Waals surface area contributed by atoms with E-state index in [1.807, 2.05) is 0 Å². The van der Waals surface area contributed by atoms with Gasteiger partial charge in [-0.25, -0.2) is 8.42 Å². The van der Waals surface area contributed by atoms with Gasteiger partial charge in [-0.15, -0.1) is 0 Å². The predicted octanol–water partition coefficient (Wildman–Crippen LogP) is 2.56. The highest BCUT2D eigenvalue weighted by Crippen LogP contribution is 2.42. The summed E-state index contributed by atoms with van der Waals surface area (Å²) < 4.78 is 63.3. The van der Waals surface area contributed by atoms with Gasteiger partial charge in [0.05, 0.1) is 23.1 Å². The Bertz CT molecular complexity index is 962. The van der Waals surface area contributed by atoms with Crippen molar-refractivity contribution < 1.29 is 36.3 Å². The number of amidine groups is 1. The number of halogens is 3. The average molecular weight is 450 g/mol. The largest absolute Gasteiger partial charge is 0.481 e. The van der Waals surface area contributed by atoms with E-state index in [-0.39, 0.29) is 41.6 Å². The molecule has 0 aromatic heterocycles. The topological polar surface area (TPSA) is 104 Å². The molecule has 2 aliphatic heterocycles. The van der Waals surface area contributed by atoms with E-state index >= 15 is 0 Å². The molecule has 3 rings (SSSR count). The van der Waals surface area contributed by atoms with Crippen LogP contribution in [0.5, 0.6) is 0 Å². The Morgan fingerprint density at radius 1 is 1.24 bits per heavy atom. The number of carboxylic acid groups (broad SMARTS) is 1. The molecule has 0 spiro atoms. The van der Waals surface area contributed by atoms with Crippen LogP contribution >= 0.6 is 11.8 Å². The van der Waals surface area contributed by atoms with Crippen molar-refractivity contribution in [2.45, 2.75) is 36.7 Å². The van der Waals surface area contributed by atoms with Gasteiger partial charge < -0.3 is 10.0 Å². The molecular formula is C17H17F3N2O5S2. The van der Waals surface area contributed by atoms with Crippen LogP contribution in [0.15, 0.2) is 29.3 Å². The number of carbonyl (C=O) groups excluding carboxylic acids is 1. The molecule has 1 aromatic rings. The number of aliphatic imine (C=N–C) groups is 1. The van der Waals surface area contributed by atoms with E-state index in [4.69, 9.17) is 5.11 Å². The molecule has 1 N–H and O–H groups in total. The predicted molar refractivity (Wildman–Crippen MR) is 102 cm³/mol. The highest BCUT2D eigenvalue weighted by atomic mass is 32.2. The van der Waals surface area contributed by atoms with Crippen molar-refractivity contribution in [3.63, 3.8) is 0 Å². The van der Waals surface area contributed by atoms with E-state index in [0.717, 1.165) is 23.9 Å². The highest BCUT2D eigenvalue weighted by molar-refractivity contribution is 8.16. The lowest BCUT2D eigenvalue weighted by atomic mass is 10.1. The van der Waals surface area contributed by atoms with Crippen LogP contribution in [0.1, 0.15) is 24.8 Å². The first kappa shape index (κ1) is 21.6. The normalized spacial score (nSPS) is 24.7. The Morgan fingerprint density at radius 3 is 2.62 bits per heavy atom. The average Bonchev–Trinajstić information content (AvgIpc) is 3.04. The molecule has 0 bridgehead atoms. The molecule has 0 unspecified atom stereocenters. The lowest BCUT2D eigenvalue weighted by Crippen LogP contribution is -2.37. The fraction of sp³-hybridized carbons (Fsp3) is 0.471. The van der Waals surface area contributed by atoms with Crippen molar-refractivity contribution in [2.75, 3.05) is 16.4 Å². The number of aliphatic carboxylic acids is 1. The Hall–Kier alpha value is -2.08. The number of hydrogen-bond donors (Lipinski definition) is 1.